The van der Waals surface area contributed by atoms with E-state index in [1.165, 1.54) is 0 Å². The second-order valence-electron chi connectivity index (χ2n) is 3.48. The second kappa shape index (κ2) is 6.37. The lowest BCUT2D eigenvalue weighted by molar-refractivity contribution is 0.0944. The number of hydrogen-bond acceptors (Lipinski definition) is 4. The number of amides is 1. The van der Waals surface area contributed by atoms with Crippen LogP contribution in [0.1, 0.15) is 17.3 Å². The molecule has 1 atom stereocenters. The molecule has 0 aromatic carbocycles. The zero-order valence-electron chi connectivity index (χ0n) is 9.78. The number of aromatic nitrogens is 1. The number of anilines is 1. The molecule has 1 rings (SSSR count). The van der Waals surface area contributed by atoms with E-state index in [1.54, 1.807) is 37.1 Å². The average Bonchev–Trinajstić information content (AvgIpc) is 2.29. The Morgan fingerprint density at radius 3 is 3.00 bits per heavy atom. The van der Waals surface area contributed by atoms with Gasteiger partial charge in [-0.3, -0.25) is 4.79 Å². The average molecular weight is 239 g/mol. The number of nitrogens with one attached hydrogen (secondary N) is 2. The Kier molecular flexibility index (Phi) is 5.11. The van der Waals surface area contributed by atoms with E-state index in [9.17, 15) is 4.79 Å². The zero-order valence-corrected chi connectivity index (χ0v) is 10.6. The summed E-state index contributed by atoms with van der Waals surface area (Å²) >= 11 is 1.71. The minimum atomic E-state index is -0.0843. The van der Waals surface area contributed by atoms with Gasteiger partial charge in [-0.15, -0.1) is 0 Å². The molecule has 0 bridgehead atoms. The number of hydrogen-bond donors (Lipinski definition) is 2. The Morgan fingerprint density at radius 1 is 1.62 bits per heavy atom. The Morgan fingerprint density at radius 2 is 2.38 bits per heavy atom. The van der Waals surface area contributed by atoms with Crippen molar-refractivity contribution in [2.75, 3.05) is 24.4 Å². The van der Waals surface area contributed by atoms with Gasteiger partial charge in [-0.25, -0.2) is 4.98 Å². The molecule has 1 aromatic heterocycles. The van der Waals surface area contributed by atoms with Crippen LogP contribution in [-0.4, -0.2) is 36.0 Å². The highest BCUT2D eigenvalue weighted by molar-refractivity contribution is 7.98. The minimum absolute atomic E-state index is 0.0843. The van der Waals surface area contributed by atoms with Gasteiger partial charge in [0.2, 0.25) is 0 Å². The van der Waals surface area contributed by atoms with Gasteiger partial charge >= 0.3 is 0 Å². The smallest absolute Gasteiger partial charge is 0.255 e. The molecule has 16 heavy (non-hydrogen) atoms. The van der Waals surface area contributed by atoms with Gasteiger partial charge < -0.3 is 10.6 Å². The highest BCUT2D eigenvalue weighted by atomic mass is 32.2. The predicted octanol–water partition coefficient (Wildman–Crippen LogP) is 1.60. The highest BCUT2D eigenvalue weighted by Crippen LogP contribution is 2.10. The Bertz CT molecular complexity index is 357. The van der Waals surface area contributed by atoms with Crippen LogP contribution in [0.3, 0.4) is 0 Å². The van der Waals surface area contributed by atoms with Gasteiger partial charge in [-0.05, 0) is 25.3 Å². The van der Waals surface area contributed by atoms with Crippen molar-refractivity contribution in [3.8, 4) is 0 Å². The van der Waals surface area contributed by atoms with Crippen molar-refractivity contribution in [3.63, 3.8) is 0 Å². The lowest BCUT2D eigenvalue weighted by Gasteiger charge is -2.13. The molecular formula is C11H17N3OS. The third kappa shape index (κ3) is 3.41. The molecule has 1 heterocycles. The van der Waals surface area contributed by atoms with Crippen LogP contribution in [0.5, 0.6) is 0 Å². The van der Waals surface area contributed by atoms with Crippen LogP contribution < -0.4 is 10.6 Å². The normalized spacial score (nSPS) is 11.9. The third-order valence-electron chi connectivity index (χ3n) is 2.08. The van der Waals surface area contributed by atoms with E-state index in [1.807, 2.05) is 13.2 Å². The first-order valence-corrected chi connectivity index (χ1v) is 6.51. The van der Waals surface area contributed by atoms with Crippen LogP contribution >= 0.6 is 11.8 Å². The summed E-state index contributed by atoms with van der Waals surface area (Å²) in [7, 11) is 1.75. The van der Waals surface area contributed by atoms with Gasteiger partial charge in [0, 0.05) is 25.0 Å². The lowest BCUT2D eigenvalue weighted by atomic mass is 10.2. The molecular weight excluding hydrogens is 222 g/mol. The van der Waals surface area contributed by atoms with Crippen molar-refractivity contribution in [2.45, 2.75) is 13.0 Å². The molecule has 88 valence electrons. The zero-order chi connectivity index (χ0) is 12.0. The first-order valence-electron chi connectivity index (χ1n) is 5.11. The quantitative estimate of drug-likeness (QED) is 0.819. The number of nitrogens with zero attached hydrogens (tertiary/aromatic N) is 1. The van der Waals surface area contributed by atoms with Gasteiger partial charge in [0.1, 0.15) is 5.82 Å². The summed E-state index contributed by atoms with van der Waals surface area (Å²) in [5.41, 5.74) is 0.581. The molecule has 0 fully saturated rings. The van der Waals surface area contributed by atoms with E-state index < -0.39 is 0 Å². The van der Waals surface area contributed by atoms with E-state index >= 15 is 0 Å². The molecule has 0 aliphatic rings. The molecule has 0 saturated carbocycles. The Balaban J connectivity index is 2.72. The first kappa shape index (κ1) is 12.8. The maximum atomic E-state index is 11.9. The summed E-state index contributed by atoms with van der Waals surface area (Å²) in [5, 5.41) is 5.84. The molecule has 0 aliphatic carbocycles. The monoisotopic (exact) mass is 239 g/mol. The second-order valence-corrected chi connectivity index (χ2v) is 4.39. The lowest BCUT2D eigenvalue weighted by Crippen LogP contribution is -2.34. The first-order chi connectivity index (χ1) is 7.69. The van der Waals surface area contributed by atoms with Crippen molar-refractivity contribution in [1.82, 2.24) is 10.3 Å². The molecule has 2 N–H and O–H groups in total. The number of carbonyl (C=O) groups excluding carboxylic acids is 1. The van der Waals surface area contributed by atoms with Gasteiger partial charge in [0.25, 0.3) is 5.91 Å². The number of thioether (sulfide) groups is 1. The topological polar surface area (TPSA) is 54.0 Å². The molecule has 0 radical (unpaired) electrons. The van der Waals surface area contributed by atoms with Crippen molar-refractivity contribution >= 4 is 23.5 Å². The molecule has 0 aliphatic heterocycles. The standard InChI is InChI=1S/C11H17N3OS/c1-8(7-16-3)14-11(15)9-5-4-6-13-10(9)12-2/h4-6,8H,7H2,1-3H3,(H,12,13)(H,14,15). The summed E-state index contributed by atoms with van der Waals surface area (Å²) in [4.78, 5) is 16.0. The minimum Gasteiger partial charge on any atom is -0.372 e. The van der Waals surface area contributed by atoms with Gasteiger partial charge in [-0.1, -0.05) is 0 Å². The summed E-state index contributed by atoms with van der Waals surface area (Å²) in [6.07, 6.45) is 3.68. The van der Waals surface area contributed by atoms with E-state index in [0.29, 0.717) is 11.4 Å². The van der Waals surface area contributed by atoms with E-state index in [2.05, 4.69) is 15.6 Å². The van der Waals surface area contributed by atoms with Crippen molar-refractivity contribution in [1.29, 1.82) is 0 Å². The maximum absolute atomic E-state index is 11.9. The van der Waals surface area contributed by atoms with Crippen LogP contribution in [0, 0.1) is 0 Å². The summed E-state index contributed by atoms with van der Waals surface area (Å²) < 4.78 is 0. The van der Waals surface area contributed by atoms with Crippen LogP contribution in [-0.2, 0) is 0 Å². The van der Waals surface area contributed by atoms with Crippen LogP contribution in [0.15, 0.2) is 18.3 Å². The molecule has 0 saturated heterocycles. The van der Waals surface area contributed by atoms with Crippen molar-refractivity contribution < 1.29 is 4.79 Å². The van der Waals surface area contributed by atoms with E-state index in [-0.39, 0.29) is 11.9 Å². The number of rotatable bonds is 5. The molecule has 1 aromatic rings. The largest absolute Gasteiger partial charge is 0.372 e. The molecule has 1 amide bonds. The summed E-state index contributed by atoms with van der Waals surface area (Å²) in [5.74, 6) is 1.43. The van der Waals surface area contributed by atoms with Crippen LogP contribution in [0.25, 0.3) is 0 Å². The number of carbonyl (C=O) groups is 1. The summed E-state index contributed by atoms with van der Waals surface area (Å²) in [6, 6.07) is 3.68. The fraction of sp³-hybridized carbons (Fsp3) is 0.455. The SMILES string of the molecule is CNc1ncccc1C(=O)NC(C)CSC. The summed E-state index contributed by atoms with van der Waals surface area (Å²) in [6.45, 7) is 1.99. The van der Waals surface area contributed by atoms with E-state index in [0.717, 1.165) is 5.75 Å². The van der Waals surface area contributed by atoms with Crippen molar-refractivity contribution in [3.05, 3.63) is 23.9 Å². The molecule has 0 spiro atoms. The van der Waals surface area contributed by atoms with Crippen LogP contribution in [0.4, 0.5) is 5.82 Å². The fourth-order valence-electron chi connectivity index (χ4n) is 1.38. The molecule has 4 nitrogen and oxygen atoms in total. The van der Waals surface area contributed by atoms with E-state index in [4.69, 9.17) is 0 Å². The fourth-order valence-corrected chi connectivity index (χ4v) is 1.96. The Labute approximate surface area is 100 Å². The predicted molar refractivity (Wildman–Crippen MR) is 69.1 cm³/mol. The maximum Gasteiger partial charge on any atom is 0.255 e. The number of pyridine rings is 1. The van der Waals surface area contributed by atoms with Crippen molar-refractivity contribution in [2.24, 2.45) is 0 Å². The molecule has 5 heteroatoms. The third-order valence-corrected chi connectivity index (χ3v) is 2.92. The highest BCUT2D eigenvalue weighted by Gasteiger charge is 2.13. The Hall–Kier alpha value is -1.23. The molecule has 1 unspecified atom stereocenters. The van der Waals surface area contributed by atoms with Gasteiger partial charge in [-0.2, -0.15) is 11.8 Å². The van der Waals surface area contributed by atoms with Gasteiger partial charge in [0.05, 0.1) is 5.56 Å². The van der Waals surface area contributed by atoms with Gasteiger partial charge in [0.15, 0.2) is 0 Å². The van der Waals surface area contributed by atoms with Crippen LogP contribution in [0.2, 0.25) is 0 Å².